The van der Waals surface area contributed by atoms with E-state index in [9.17, 15) is 13.2 Å². The van der Waals surface area contributed by atoms with Crippen LogP contribution in [0.3, 0.4) is 0 Å². The van der Waals surface area contributed by atoms with Gasteiger partial charge in [0.25, 0.3) is 0 Å². The monoisotopic (exact) mass is 276 g/mol. The van der Waals surface area contributed by atoms with Crippen molar-refractivity contribution in [1.82, 2.24) is 0 Å². The lowest BCUT2D eigenvalue weighted by Crippen LogP contribution is -2.22. The maximum absolute atomic E-state index is 12.8. The van der Waals surface area contributed by atoms with Crippen LogP contribution in [0.4, 0.5) is 30.2 Å². The summed E-state index contributed by atoms with van der Waals surface area (Å²) < 4.78 is 38.4. The van der Waals surface area contributed by atoms with Crippen molar-refractivity contribution in [3.8, 4) is 0 Å². The average Bonchev–Trinajstić information content (AvgIpc) is 2.46. The van der Waals surface area contributed by atoms with Crippen molar-refractivity contribution < 1.29 is 13.2 Å². The largest absolute Gasteiger partial charge is 0.416 e. The van der Waals surface area contributed by atoms with E-state index < -0.39 is 11.7 Å². The molecule has 3 rings (SSSR count). The molecule has 5 heteroatoms. The van der Waals surface area contributed by atoms with Gasteiger partial charge in [-0.15, -0.1) is 0 Å². The Balaban J connectivity index is 2.04. The molecule has 0 N–H and O–H groups in total. The van der Waals surface area contributed by atoms with Crippen LogP contribution >= 0.6 is 0 Å². The van der Waals surface area contributed by atoms with Crippen LogP contribution in [0, 0.1) is 0 Å². The molecule has 0 amide bonds. The third kappa shape index (κ3) is 2.27. The van der Waals surface area contributed by atoms with Crippen LogP contribution in [0.25, 0.3) is 0 Å². The number of fused-ring (bicyclic) bond motifs is 1. The van der Waals surface area contributed by atoms with E-state index >= 15 is 0 Å². The minimum atomic E-state index is -4.33. The highest BCUT2D eigenvalue weighted by molar-refractivity contribution is 5.86. The zero-order valence-corrected chi connectivity index (χ0v) is 10.4. The van der Waals surface area contributed by atoms with Crippen LogP contribution in [0.15, 0.2) is 53.5 Å². The smallest absolute Gasteiger partial charge is 0.334 e. The Morgan fingerprint density at radius 1 is 1.00 bits per heavy atom. The third-order valence-corrected chi connectivity index (χ3v) is 3.15. The molecule has 2 aromatic rings. The van der Waals surface area contributed by atoms with Crippen molar-refractivity contribution in [3.05, 3.63) is 54.1 Å². The van der Waals surface area contributed by atoms with E-state index in [0.29, 0.717) is 12.2 Å². The Morgan fingerprint density at radius 3 is 2.60 bits per heavy atom. The van der Waals surface area contributed by atoms with Crippen LogP contribution in [0.2, 0.25) is 0 Å². The summed E-state index contributed by atoms with van der Waals surface area (Å²) in [5, 5.41) is 0. The van der Waals surface area contributed by atoms with E-state index in [1.165, 1.54) is 6.07 Å². The molecule has 0 atom stereocenters. The van der Waals surface area contributed by atoms with E-state index in [1.54, 1.807) is 12.3 Å². The van der Waals surface area contributed by atoms with Gasteiger partial charge in [-0.2, -0.15) is 13.2 Å². The Labute approximate surface area is 114 Å². The van der Waals surface area contributed by atoms with E-state index in [1.807, 2.05) is 29.2 Å². The predicted molar refractivity (Wildman–Crippen MR) is 73.0 cm³/mol. The molecule has 2 aromatic carbocycles. The van der Waals surface area contributed by atoms with Crippen molar-refractivity contribution in [2.24, 2.45) is 4.99 Å². The van der Waals surface area contributed by atoms with Gasteiger partial charge in [0.2, 0.25) is 0 Å². The van der Waals surface area contributed by atoms with Gasteiger partial charge in [-0.05, 0) is 30.3 Å². The fraction of sp³-hybridized carbons (Fsp3) is 0.133. The standard InChI is InChI=1S/C15H11F3N2/c16-15(17,18)11-4-3-5-12(10-11)20-9-8-19-13-6-1-2-7-14(13)20/h1-8,10H,9H2. The molecule has 1 aliphatic rings. The summed E-state index contributed by atoms with van der Waals surface area (Å²) in [5.74, 6) is 0. The van der Waals surface area contributed by atoms with Crippen molar-refractivity contribution in [1.29, 1.82) is 0 Å². The van der Waals surface area contributed by atoms with Gasteiger partial charge in [-0.3, -0.25) is 4.99 Å². The summed E-state index contributed by atoms with van der Waals surface area (Å²) in [7, 11) is 0. The van der Waals surface area contributed by atoms with Crippen LogP contribution in [-0.2, 0) is 6.18 Å². The fourth-order valence-corrected chi connectivity index (χ4v) is 2.22. The number of alkyl halides is 3. The maximum Gasteiger partial charge on any atom is 0.416 e. The molecule has 1 heterocycles. The molecule has 0 saturated carbocycles. The van der Waals surface area contributed by atoms with Crippen molar-refractivity contribution in [3.63, 3.8) is 0 Å². The number of rotatable bonds is 1. The number of benzene rings is 2. The Morgan fingerprint density at radius 2 is 1.80 bits per heavy atom. The first-order valence-corrected chi connectivity index (χ1v) is 6.12. The van der Waals surface area contributed by atoms with Gasteiger partial charge in [-0.1, -0.05) is 18.2 Å². The third-order valence-electron chi connectivity index (χ3n) is 3.15. The van der Waals surface area contributed by atoms with E-state index in [-0.39, 0.29) is 0 Å². The highest BCUT2D eigenvalue weighted by atomic mass is 19.4. The van der Waals surface area contributed by atoms with Crippen molar-refractivity contribution in [2.75, 3.05) is 11.4 Å². The van der Waals surface area contributed by atoms with Crippen molar-refractivity contribution in [2.45, 2.75) is 6.18 Å². The molecule has 2 nitrogen and oxygen atoms in total. The first kappa shape index (κ1) is 12.7. The lowest BCUT2D eigenvalue weighted by molar-refractivity contribution is -0.137. The predicted octanol–water partition coefficient (Wildman–Crippen LogP) is 4.56. The van der Waals surface area contributed by atoms with Crippen LogP contribution in [0.1, 0.15) is 5.56 Å². The molecule has 0 aliphatic carbocycles. The number of hydrogen-bond donors (Lipinski definition) is 0. The molecule has 0 saturated heterocycles. The summed E-state index contributed by atoms with van der Waals surface area (Å²) in [4.78, 5) is 6.07. The lowest BCUT2D eigenvalue weighted by atomic mass is 10.1. The average molecular weight is 276 g/mol. The van der Waals surface area contributed by atoms with Gasteiger partial charge in [-0.25, -0.2) is 0 Å². The molecule has 0 fully saturated rings. The number of hydrogen-bond acceptors (Lipinski definition) is 2. The summed E-state index contributed by atoms with van der Waals surface area (Å²) in [6, 6.07) is 12.7. The quantitative estimate of drug-likeness (QED) is 0.745. The van der Waals surface area contributed by atoms with Gasteiger partial charge in [0, 0.05) is 11.9 Å². The van der Waals surface area contributed by atoms with Gasteiger partial charge < -0.3 is 4.90 Å². The van der Waals surface area contributed by atoms with Gasteiger partial charge >= 0.3 is 6.18 Å². The van der Waals surface area contributed by atoms with Gasteiger partial charge in [0.1, 0.15) is 0 Å². The van der Waals surface area contributed by atoms with E-state index in [2.05, 4.69) is 4.99 Å². The molecule has 0 aromatic heterocycles. The number of aliphatic imine (C=N–C) groups is 1. The minimum Gasteiger partial charge on any atom is -0.334 e. The molecule has 0 spiro atoms. The summed E-state index contributed by atoms with van der Waals surface area (Å²) in [6.45, 7) is 0.457. The SMILES string of the molecule is FC(F)(F)c1cccc(N2CC=Nc3ccccc32)c1. The second-order valence-corrected chi connectivity index (χ2v) is 4.46. The summed E-state index contributed by atoms with van der Waals surface area (Å²) in [6.07, 6.45) is -2.64. The fourth-order valence-electron chi connectivity index (χ4n) is 2.22. The summed E-state index contributed by atoms with van der Waals surface area (Å²) >= 11 is 0. The zero-order chi connectivity index (χ0) is 14.2. The molecule has 1 aliphatic heterocycles. The van der Waals surface area contributed by atoms with Crippen molar-refractivity contribution >= 4 is 23.3 Å². The highest BCUT2D eigenvalue weighted by Gasteiger charge is 2.31. The first-order chi connectivity index (χ1) is 9.55. The lowest BCUT2D eigenvalue weighted by Gasteiger charge is -2.27. The van der Waals surface area contributed by atoms with Gasteiger partial charge in [0.15, 0.2) is 0 Å². The topological polar surface area (TPSA) is 15.6 Å². The number of anilines is 2. The molecule has 0 unspecified atom stereocenters. The normalized spacial score (nSPS) is 14.2. The number of nitrogens with zero attached hydrogens (tertiary/aromatic N) is 2. The minimum absolute atomic E-state index is 0.457. The Kier molecular flexibility index (Phi) is 2.97. The Bertz CT molecular complexity index is 662. The second-order valence-electron chi connectivity index (χ2n) is 4.46. The zero-order valence-electron chi connectivity index (χ0n) is 10.4. The first-order valence-electron chi connectivity index (χ1n) is 6.12. The molecule has 0 bridgehead atoms. The van der Waals surface area contributed by atoms with Crippen LogP contribution in [0.5, 0.6) is 0 Å². The maximum atomic E-state index is 12.8. The molecular weight excluding hydrogens is 265 g/mol. The molecule has 102 valence electrons. The molecule has 20 heavy (non-hydrogen) atoms. The molecular formula is C15H11F3N2. The van der Waals surface area contributed by atoms with E-state index in [0.717, 1.165) is 23.5 Å². The number of para-hydroxylation sites is 2. The van der Waals surface area contributed by atoms with Crippen LogP contribution < -0.4 is 4.90 Å². The Hall–Kier alpha value is -2.30. The van der Waals surface area contributed by atoms with Crippen LogP contribution in [-0.4, -0.2) is 12.8 Å². The second kappa shape index (κ2) is 4.67. The van der Waals surface area contributed by atoms with Gasteiger partial charge in [0.05, 0.1) is 23.5 Å². The number of halogens is 3. The summed E-state index contributed by atoms with van der Waals surface area (Å²) in [5.41, 5.74) is 1.44. The van der Waals surface area contributed by atoms with E-state index in [4.69, 9.17) is 0 Å². The molecule has 0 radical (unpaired) electrons. The highest BCUT2D eigenvalue weighted by Crippen LogP contribution is 2.38.